The Labute approximate surface area is 85.3 Å². The maximum Gasteiger partial charge on any atom is 0.247 e. The van der Waals surface area contributed by atoms with E-state index >= 15 is 0 Å². The lowest BCUT2D eigenvalue weighted by Crippen LogP contribution is -2.13. The van der Waals surface area contributed by atoms with Crippen molar-refractivity contribution in [2.24, 2.45) is 5.73 Å². The van der Waals surface area contributed by atoms with Crippen molar-refractivity contribution in [1.82, 2.24) is 0 Å². The van der Waals surface area contributed by atoms with Crippen LogP contribution in [-0.4, -0.2) is 11.0 Å². The van der Waals surface area contributed by atoms with Gasteiger partial charge in [0.1, 0.15) is 5.76 Å². The smallest absolute Gasteiger partial charge is 0.247 e. The first-order valence-corrected chi connectivity index (χ1v) is 4.85. The van der Waals surface area contributed by atoms with Gasteiger partial charge in [-0.25, -0.2) is 0 Å². The van der Waals surface area contributed by atoms with Crippen molar-refractivity contribution in [2.75, 3.05) is 0 Å². The molecule has 0 atom stereocenters. The number of nitrogens with two attached hydrogens (primary N) is 1. The summed E-state index contributed by atoms with van der Waals surface area (Å²) in [5.74, 6) is -0.452. The number of hydrogen-bond donors (Lipinski definition) is 2. The second-order valence-electron chi connectivity index (χ2n) is 3.24. The molecule has 0 rings (SSSR count). The third kappa shape index (κ3) is 4.12. The molecule has 0 aliphatic heterocycles. The first kappa shape index (κ1) is 12.8. The van der Waals surface area contributed by atoms with Gasteiger partial charge in [-0.1, -0.05) is 18.6 Å². The minimum absolute atomic E-state index is 0.102. The Morgan fingerprint density at radius 2 is 2.00 bits per heavy atom. The summed E-state index contributed by atoms with van der Waals surface area (Å²) >= 11 is 0. The molecular weight excluding hydrogens is 178 g/mol. The molecule has 0 radical (unpaired) electrons. The molecule has 14 heavy (non-hydrogen) atoms. The summed E-state index contributed by atoms with van der Waals surface area (Å²) < 4.78 is 0. The van der Waals surface area contributed by atoms with Gasteiger partial charge in [-0.15, -0.1) is 0 Å². The molecule has 0 saturated carbocycles. The van der Waals surface area contributed by atoms with Gasteiger partial charge in [-0.3, -0.25) is 4.79 Å². The monoisotopic (exact) mass is 197 g/mol. The van der Waals surface area contributed by atoms with E-state index in [-0.39, 0.29) is 11.3 Å². The van der Waals surface area contributed by atoms with Gasteiger partial charge >= 0.3 is 0 Å². The van der Waals surface area contributed by atoms with E-state index in [9.17, 15) is 9.90 Å². The van der Waals surface area contributed by atoms with E-state index in [1.165, 1.54) is 5.57 Å². The minimum atomic E-state index is -0.555. The maximum atomic E-state index is 10.7. The Morgan fingerprint density at radius 1 is 1.43 bits per heavy atom. The fraction of sp³-hybridized carbons (Fsp3) is 0.545. The Kier molecular flexibility index (Phi) is 5.68. The summed E-state index contributed by atoms with van der Waals surface area (Å²) in [6, 6.07) is 0. The molecule has 0 spiro atoms. The highest BCUT2D eigenvalue weighted by molar-refractivity contribution is 5.91. The van der Waals surface area contributed by atoms with Crippen molar-refractivity contribution < 1.29 is 9.90 Å². The predicted molar refractivity (Wildman–Crippen MR) is 57.8 cm³/mol. The minimum Gasteiger partial charge on any atom is -0.512 e. The zero-order valence-corrected chi connectivity index (χ0v) is 9.13. The molecule has 0 aromatic heterocycles. The lowest BCUT2D eigenvalue weighted by Gasteiger charge is -2.05. The molecule has 3 nitrogen and oxygen atoms in total. The molecular formula is C11H19NO2. The maximum absolute atomic E-state index is 10.7. The molecule has 0 bridgehead atoms. The fourth-order valence-electron chi connectivity index (χ4n) is 1.13. The Hall–Kier alpha value is -1.25. The molecule has 0 aliphatic rings. The van der Waals surface area contributed by atoms with Gasteiger partial charge in [-0.2, -0.15) is 0 Å². The van der Waals surface area contributed by atoms with E-state index in [0.717, 1.165) is 12.8 Å². The van der Waals surface area contributed by atoms with Gasteiger partial charge in [0, 0.05) is 6.42 Å². The van der Waals surface area contributed by atoms with Gasteiger partial charge in [0.2, 0.25) is 5.91 Å². The van der Waals surface area contributed by atoms with Crippen molar-refractivity contribution in [3.63, 3.8) is 0 Å². The number of aliphatic hydroxyl groups is 1. The molecule has 80 valence electrons. The first-order valence-electron chi connectivity index (χ1n) is 4.85. The highest BCUT2D eigenvalue weighted by atomic mass is 16.3. The lowest BCUT2D eigenvalue weighted by atomic mass is 10.0. The highest BCUT2D eigenvalue weighted by Crippen LogP contribution is 2.14. The Morgan fingerprint density at radius 3 is 2.36 bits per heavy atom. The van der Waals surface area contributed by atoms with E-state index in [1.807, 2.05) is 13.0 Å². The number of amides is 1. The summed E-state index contributed by atoms with van der Waals surface area (Å²) in [5.41, 5.74) is 6.57. The van der Waals surface area contributed by atoms with Crippen LogP contribution in [0, 0.1) is 0 Å². The molecule has 0 aliphatic carbocycles. The molecule has 1 amide bonds. The second kappa shape index (κ2) is 6.24. The number of hydrogen-bond acceptors (Lipinski definition) is 2. The summed E-state index contributed by atoms with van der Waals surface area (Å²) in [4.78, 5) is 10.7. The van der Waals surface area contributed by atoms with E-state index < -0.39 is 5.91 Å². The van der Waals surface area contributed by atoms with Gasteiger partial charge in [0.15, 0.2) is 0 Å². The van der Waals surface area contributed by atoms with Crippen LogP contribution in [-0.2, 0) is 4.79 Å². The van der Waals surface area contributed by atoms with Crippen molar-refractivity contribution in [2.45, 2.75) is 40.0 Å². The van der Waals surface area contributed by atoms with Crippen LogP contribution in [0.1, 0.15) is 40.0 Å². The van der Waals surface area contributed by atoms with E-state index in [4.69, 9.17) is 5.73 Å². The number of carbonyl (C=O) groups excluding carboxylic acids is 1. The SMILES string of the molecule is C/C=C(/CC)CC/C(O)=C(\C)C(N)=O. The van der Waals surface area contributed by atoms with Crippen LogP contribution < -0.4 is 5.73 Å². The Balaban J connectivity index is 4.27. The number of rotatable bonds is 5. The van der Waals surface area contributed by atoms with Gasteiger partial charge in [0.05, 0.1) is 5.57 Å². The molecule has 0 saturated heterocycles. The van der Waals surface area contributed by atoms with Crippen LogP contribution in [0.15, 0.2) is 23.0 Å². The molecule has 0 heterocycles. The third-order valence-corrected chi connectivity index (χ3v) is 2.35. The summed E-state index contributed by atoms with van der Waals surface area (Å²) in [6.45, 7) is 5.58. The van der Waals surface area contributed by atoms with Gasteiger partial charge in [-0.05, 0) is 26.7 Å². The number of aliphatic hydroxyl groups excluding tert-OH is 1. The van der Waals surface area contributed by atoms with E-state index in [0.29, 0.717) is 6.42 Å². The zero-order chi connectivity index (χ0) is 11.1. The van der Waals surface area contributed by atoms with Crippen molar-refractivity contribution in [3.05, 3.63) is 23.0 Å². The normalized spacial score (nSPS) is 13.8. The molecule has 0 unspecified atom stereocenters. The third-order valence-electron chi connectivity index (χ3n) is 2.35. The molecule has 3 N–H and O–H groups in total. The molecule has 3 heteroatoms. The van der Waals surface area contributed by atoms with Gasteiger partial charge < -0.3 is 10.8 Å². The van der Waals surface area contributed by atoms with E-state index in [1.54, 1.807) is 6.92 Å². The predicted octanol–water partition coefficient (Wildman–Crippen LogP) is 2.44. The summed E-state index contributed by atoms with van der Waals surface area (Å²) in [6.07, 6.45) is 4.28. The molecule has 0 fully saturated rings. The highest BCUT2D eigenvalue weighted by Gasteiger charge is 2.06. The van der Waals surface area contributed by atoms with Crippen LogP contribution in [0.3, 0.4) is 0 Å². The fourth-order valence-corrected chi connectivity index (χ4v) is 1.13. The summed E-state index contributed by atoms with van der Waals surface area (Å²) in [7, 11) is 0. The second-order valence-corrected chi connectivity index (χ2v) is 3.24. The van der Waals surface area contributed by atoms with Crippen LogP contribution >= 0.6 is 0 Å². The number of carbonyl (C=O) groups is 1. The van der Waals surface area contributed by atoms with Crippen molar-refractivity contribution in [1.29, 1.82) is 0 Å². The molecule has 0 aromatic rings. The van der Waals surface area contributed by atoms with Crippen LogP contribution in [0.25, 0.3) is 0 Å². The lowest BCUT2D eigenvalue weighted by molar-refractivity contribution is -0.114. The van der Waals surface area contributed by atoms with E-state index in [2.05, 4.69) is 6.92 Å². The standard InChI is InChI=1S/C11H19NO2/c1-4-9(5-2)6-7-10(13)8(3)11(12)14/h4,13H,5-7H2,1-3H3,(H2,12,14)/b9-4-,10-8-. The van der Waals surface area contributed by atoms with Crippen molar-refractivity contribution in [3.8, 4) is 0 Å². The average Bonchev–Trinajstić information content (AvgIpc) is 2.17. The van der Waals surface area contributed by atoms with Crippen molar-refractivity contribution >= 4 is 5.91 Å². The first-order chi connectivity index (χ1) is 6.52. The Bertz CT molecular complexity index is 264. The van der Waals surface area contributed by atoms with Crippen LogP contribution in [0.5, 0.6) is 0 Å². The van der Waals surface area contributed by atoms with Crippen LogP contribution in [0.4, 0.5) is 0 Å². The number of primary amides is 1. The average molecular weight is 197 g/mol. The molecule has 0 aromatic carbocycles. The van der Waals surface area contributed by atoms with Gasteiger partial charge in [0.25, 0.3) is 0 Å². The number of allylic oxidation sites excluding steroid dienone is 3. The van der Waals surface area contributed by atoms with Crippen LogP contribution in [0.2, 0.25) is 0 Å². The topological polar surface area (TPSA) is 63.3 Å². The zero-order valence-electron chi connectivity index (χ0n) is 9.13. The quantitative estimate of drug-likeness (QED) is 0.404. The largest absolute Gasteiger partial charge is 0.512 e. The summed E-state index contributed by atoms with van der Waals surface area (Å²) in [5, 5.41) is 9.48.